The van der Waals surface area contributed by atoms with E-state index < -0.39 is 0 Å². The predicted octanol–water partition coefficient (Wildman–Crippen LogP) is 3.35. The lowest BCUT2D eigenvalue weighted by Gasteiger charge is -2.31. The lowest BCUT2D eigenvalue weighted by molar-refractivity contribution is 0.0348. The molecule has 1 aromatic carbocycles. The van der Waals surface area contributed by atoms with Crippen molar-refractivity contribution < 1.29 is 14.3 Å². The van der Waals surface area contributed by atoms with E-state index in [1.165, 1.54) is 0 Å². The number of nitrogens with zero attached hydrogens (tertiary/aromatic N) is 3. The molecule has 29 heavy (non-hydrogen) atoms. The molecule has 0 spiro atoms. The van der Waals surface area contributed by atoms with Gasteiger partial charge in [0.2, 0.25) is 0 Å². The highest BCUT2D eigenvalue weighted by Crippen LogP contribution is 2.24. The molecule has 0 radical (unpaired) electrons. The molecule has 2 fully saturated rings. The zero-order chi connectivity index (χ0) is 20.4. The molecule has 1 aromatic heterocycles. The van der Waals surface area contributed by atoms with Crippen LogP contribution in [0.3, 0.4) is 0 Å². The molecule has 2 saturated heterocycles. The fourth-order valence-corrected chi connectivity index (χ4v) is 4.26. The average Bonchev–Trinajstić information content (AvgIpc) is 3.22. The van der Waals surface area contributed by atoms with Crippen LogP contribution in [0.2, 0.25) is 0 Å². The van der Waals surface area contributed by atoms with E-state index >= 15 is 0 Å². The summed E-state index contributed by atoms with van der Waals surface area (Å²) >= 11 is 0. The second-order valence-electron chi connectivity index (χ2n) is 8.40. The Morgan fingerprint density at radius 1 is 1.07 bits per heavy atom. The number of aromatic nitrogens is 1. The Kier molecular flexibility index (Phi) is 6.01. The first kappa shape index (κ1) is 20.1. The van der Waals surface area contributed by atoms with Crippen LogP contribution < -0.4 is 4.74 Å². The van der Waals surface area contributed by atoms with Crippen LogP contribution in [0.15, 0.2) is 30.3 Å². The Morgan fingerprint density at radius 3 is 2.52 bits per heavy atom. The summed E-state index contributed by atoms with van der Waals surface area (Å²) in [4.78, 5) is 21.7. The maximum Gasteiger partial charge on any atom is 0.272 e. The van der Waals surface area contributed by atoms with E-state index in [1.807, 2.05) is 35.2 Å². The van der Waals surface area contributed by atoms with Crippen molar-refractivity contribution in [2.45, 2.75) is 51.4 Å². The highest BCUT2D eigenvalue weighted by molar-refractivity contribution is 5.95. The Balaban J connectivity index is 1.43. The number of rotatable bonds is 5. The molecule has 3 heterocycles. The number of fused-ring (bicyclic) bond motifs is 1. The molecule has 0 aliphatic carbocycles. The van der Waals surface area contributed by atoms with Crippen LogP contribution in [-0.4, -0.2) is 72.2 Å². The molecule has 1 atom stereocenters. The number of hydrogen-bond donors (Lipinski definition) is 0. The number of ether oxygens (including phenoxy) is 2. The van der Waals surface area contributed by atoms with Crippen LogP contribution >= 0.6 is 0 Å². The summed E-state index contributed by atoms with van der Waals surface area (Å²) in [6.07, 6.45) is 3.31. The first-order valence-electron chi connectivity index (χ1n) is 10.7. The zero-order valence-electron chi connectivity index (χ0n) is 17.6. The van der Waals surface area contributed by atoms with Crippen LogP contribution in [-0.2, 0) is 4.74 Å². The molecule has 0 N–H and O–H groups in total. The topological polar surface area (TPSA) is 54.9 Å². The predicted molar refractivity (Wildman–Crippen MR) is 113 cm³/mol. The van der Waals surface area contributed by atoms with Gasteiger partial charge in [0.1, 0.15) is 17.5 Å². The van der Waals surface area contributed by atoms with Crippen LogP contribution in [0.25, 0.3) is 10.9 Å². The van der Waals surface area contributed by atoms with E-state index in [1.54, 1.807) is 7.11 Å². The van der Waals surface area contributed by atoms with Crippen molar-refractivity contribution in [3.8, 4) is 5.75 Å². The van der Waals surface area contributed by atoms with Crippen molar-refractivity contribution in [3.05, 3.63) is 36.0 Å². The molecule has 1 unspecified atom stereocenters. The average molecular weight is 398 g/mol. The molecule has 6 heteroatoms. The number of amides is 1. The number of pyridine rings is 1. The smallest absolute Gasteiger partial charge is 0.272 e. The molecular weight excluding hydrogens is 366 g/mol. The van der Waals surface area contributed by atoms with Gasteiger partial charge in [0.15, 0.2) is 0 Å². The largest absolute Gasteiger partial charge is 0.489 e. The molecular formula is C23H31N3O3. The first-order chi connectivity index (χ1) is 14.0. The van der Waals surface area contributed by atoms with Gasteiger partial charge in [-0.15, -0.1) is 0 Å². The molecule has 1 amide bonds. The number of piperidine rings is 1. The molecule has 0 saturated carbocycles. The SMILES string of the molecule is COC1CCN(C(=O)c2ccc3cc(OC4CCN(C(C)C)C4)ccc3n2)CC1. The number of carbonyl (C=O) groups excluding carboxylic acids is 1. The minimum absolute atomic E-state index is 0.00140. The van der Waals surface area contributed by atoms with Crippen molar-refractivity contribution in [2.24, 2.45) is 0 Å². The summed E-state index contributed by atoms with van der Waals surface area (Å²) in [6, 6.07) is 10.3. The lowest BCUT2D eigenvalue weighted by atomic mass is 10.1. The van der Waals surface area contributed by atoms with Crippen LogP contribution in [0, 0.1) is 0 Å². The fraction of sp³-hybridized carbons (Fsp3) is 0.565. The minimum atomic E-state index is 0.00140. The normalized spacial score (nSPS) is 21.2. The zero-order valence-corrected chi connectivity index (χ0v) is 17.6. The van der Waals surface area contributed by atoms with Gasteiger partial charge in [-0.3, -0.25) is 9.69 Å². The monoisotopic (exact) mass is 397 g/mol. The number of methoxy groups -OCH3 is 1. The van der Waals surface area contributed by atoms with Crippen LogP contribution in [0.4, 0.5) is 0 Å². The van der Waals surface area contributed by atoms with E-state index in [0.29, 0.717) is 11.7 Å². The van der Waals surface area contributed by atoms with Crippen LogP contribution in [0.1, 0.15) is 43.6 Å². The molecule has 2 aromatic rings. The van der Waals surface area contributed by atoms with Gasteiger partial charge >= 0.3 is 0 Å². The van der Waals surface area contributed by atoms with Crippen molar-refractivity contribution in [2.75, 3.05) is 33.3 Å². The summed E-state index contributed by atoms with van der Waals surface area (Å²) in [6.45, 7) is 7.95. The Labute approximate surface area is 172 Å². The van der Waals surface area contributed by atoms with Crippen molar-refractivity contribution in [1.82, 2.24) is 14.8 Å². The molecule has 6 nitrogen and oxygen atoms in total. The minimum Gasteiger partial charge on any atom is -0.489 e. The maximum absolute atomic E-state index is 12.8. The Bertz CT molecular complexity index is 862. The van der Waals surface area contributed by atoms with E-state index in [2.05, 4.69) is 23.7 Å². The van der Waals surface area contributed by atoms with Gasteiger partial charge in [-0.2, -0.15) is 0 Å². The van der Waals surface area contributed by atoms with Crippen molar-refractivity contribution >= 4 is 16.8 Å². The number of carbonyl (C=O) groups is 1. The standard InChI is InChI=1S/C23H31N3O3/c1-16(2)26-13-10-20(15-26)29-19-5-7-21-17(14-19)4-6-22(24-21)23(27)25-11-8-18(28-3)9-12-25/h4-7,14,16,18,20H,8-13,15H2,1-3H3. The highest BCUT2D eigenvalue weighted by Gasteiger charge is 2.26. The van der Waals surface area contributed by atoms with Crippen LogP contribution in [0.5, 0.6) is 5.75 Å². The highest BCUT2D eigenvalue weighted by atomic mass is 16.5. The van der Waals surface area contributed by atoms with Crippen molar-refractivity contribution in [3.63, 3.8) is 0 Å². The van der Waals surface area contributed by atoms with E-state index in [9.17, 15) is 4.79 Å². The Morgan fingerprint density at radius 2 is 1.83 bits per heavy atom. The fourth-order valence-electron chi connectivity index (χ4n) is 4.26. The molecule has 2 aliphatic rings. The van der Waals surface area contributed by atoms with Gasteiger partial charge < -0.3 is 14.4 Å². The van der Waals surface area contributed by atoms with E-state index in [0.717, 1.165) is 62.1 Å². The summed E-state index contributed by atoms with van der Waals surface area (Å²) in [5, 5.41) is 0.996. The lowest BCUT2D eigenvalue weighted by Crippen LogP contribution is -2.40. The van der Waals surface area contributed by atoms with Gasteiger partial charge in [0, 0.05) is 44.7 Å². The third kappa shape index (κ3) is 4.54. The van der Waals surface area contributed by atoms with Gasteiger partial charge in [-0.05, 0) is 57.4 Å². The van der Waals surface area contributed by atoms with Gasteiger partial charge in [0.25, 0.3) is 5.91 Å². The molecule has 2 aliphatic heterocycles. The van der Waals surface area contributed by atoms with E-state index in [-0.39, 0.29) is 18.1 Å². The Hall–Kier alpha value is -2.18. The van der Waals surface area contributed by atoms with Crippen molar-refractivity contribution in [1.29, 1.82) is 0 Å². The summed E-state index contributed by atoms with van der Waals surface area (Å²) in [5.74, 6) is 0.872. The maximum atomic E-state index is 12.8. The third-order valence-electron chi connectivity index (χ3n) is 6.15. The molecule has 156 valence electrons. The summed E-state index contributed by atoms with van der Waals surface area (Å²) in [7, 11) is 1.73. The quantitative estimate of drug-likeness (QED) is 0.774. The van der Waals surface area contributed by atoms with Gasteiger partial charge in [-0.25, -0.2) is 4.98 Å². The number of likely N-dealkylation sites (tertiary alicyclic amines) is 2. The van der Waals surface area contributed by atoms with E-state index in [4.69, 9.17) is 9.47 Å². The molecule has 0 bridgehead atoms. The van der Waals surface area contributed by atoms with Gasteiger partial charge in [-0.1, -0.05) is 6.07 Å². The second kappa shape index (κ2) is 8.67. The number of hydrogen-bond acceptors (Lipinski definition) is 5. The first-order valence-corrected chi connectivity index (χ1v) is 10.7. The summed E-state index contributed by atoms with van der Waals surface area (Å²) in [5.41, 5.74) is 1.33. The third-order valence-corrected chi connectivity index (χ3v) is 6.15. The number of benzene rings is 1. The van der Waals surface area contributed by atoms with Gasteiger partial charge in [0.05, 0.1) is 11.6 Å². The summed E-state index contributed by atoms with van der Waals surface area (Å²) < 4.78 is 11.6. The second-order valence-corrected chi connectivity index (χ2v) is 8.40. The molecule has 4 rings (SSSR count).